The van der Waals surface area contributed by atoms with Crippen molar-refractivity contribution >= 4 is 0 Å². The number of rotatable bonds is 5. The lowest BCUT2D eigenvalue weighted by molar-refractivity contribution is 0.0250. The van der Waals surface area contributed by atoms with Crippen LogP contribution in [-0.4, -0.2) is 25.6 Å². The van der Waals surface area contributed by atoms with Crippen molar-refractivity contribution in [3.8, 4) is 11.5 Å². The second-order valence-electron chi connectivity index (χ2n) is 4.20. The normalized spacial score (nSPS) is 16.9. The number of benzene rings is 1. The Labute approximate surface area is 103 Å². The molecular formula is C12H14F3NO2. The van der Waals surface area contributed by atoms with Gasteiger partial charge in [0.1, 0.15) is 0 Å². The SMILES string of the molecule is CC(Cc1ccc2c(c1)OCO2)NC(F)C(F)F. The summed E-state index contributed by atoms with van der Waals surface area (Å²) in [6.45, 7) is 1.84. The molecule has 0 spiro atoms. The summed E-state index contributed by atoms with van der Waals surface area (Å²) in [6, 6.07) is 4.94. The van der Waals surface area contributed by atoms with Crippen LogP contribution in [0.25, 0.3) is 0 Å². The lowest BCUT2D eigenvalue weighted by Gasteiger charge is -2.17. The van der Waals surface area contributed by atoms with Crippen molar-refractivity contribution in [2.45, 2.75) is 32.1 Å². The van der Waals surface area contributed by atoms with Crippen molar-refractivity contribution < 1.29 is 22.6 Å². The molecule has 3 nitrogen and oxygen atoms in total. The summed E-state index contributed by atoms with van der Waals surface area (Å²) < 4.78 is 47.2. The molecule has 2 atom stereocenters. The predicted octanol–water partition coefficient (Wildman–Crippen LogP) is 2.50. The summed E-state index contributed by atoms with van der Waals surface area (Å²) in [6.07, 6.45) is -4.87. The zero-order chi connectivity index (χ0) is 13.1. The first-order chi connectivity index (χ1) is 8.56. The number of hydrogen-bond donors (Lipinski definition) is 1. The van der Waals surface area contributed by atoms with Gasteiger partial charge in [0, 0.05) is 6.04 Å². The van der Waals surface area contributed by atoms with E-state index in [0.717, 1.165) is 5.56 Å². The van der Waals surface area contributed by atoms with Gasteiger partial charge in [-0.1, -0.05) is 6.07 Å². The summed E-state index contributed by atoms with van der Waals surface area (Å²) >= 11 is 0. The van der Waals surface area contributed by atoms with Crippen LogP contribution in [0.15, 0.2) is 18.2 Å². The van der Waals surface area contributed by atoms with E-state index in [4.69, 9.17) is 9.47 Å². The van der Waals surface area contributed by atoms with E-state index in [1.54, 1.807) is 25.1 Å². The highest BCUT2D eigenvalue weighted by Crippen LogP contribution is 2.32. The van der Waals surface area contributed by atoms with Gasteiger partial charge in [-0.15, -0.1) is 0 Å². The maximum absolute atomic E-state index is 12.8. The molecule has 1 heterocycles. The molecule has 1 aromatic carbocycles. The highest BCUT2D eigenvalue weighted by Gasteiger charge is 2.21. The largest absolute Gasteiger partial charge is 0.454 e. The molecular weight excluding hydrogens is 247 g/mol. The van der Waals surface area contributed by atoms with Crippen molar-refractivity contribution in [1.82, 2.24) is 5.32 Å². The van der Waals surface area contributed by atoms with Gasteiger partial charge >= 0.3 is 0 Å². The molecule has 1 aromatic rings. The van der Waals surface area contributed by atoms with Gasteiger partial charge in [0.15, 0.2) is 11.5 Å². The van der Waals surface area contributed by atoms with E-state index in [-0.39, 0.29) is 6.79 Å². The number of alkyl halides is 3. The van der Waals surface area contributed by atoms with E-state index in [9.17, 15) is 13.2 Å². The molecule has 1 aliphatic heterocycles. The van der Waals surface area contributed by atoms with Crippen LogP contribution in [0.3, 0.4) is 0 Å². The van der Waals surface area contributed by atoms with Crippen LogP contribution in [0.4, 0.5) is 13.2 Å². The molecule has 6 heteroatoms. The number of ether oxygens (including phenoxy) is 2. The molecule has 0 radical (unpaired) electrons. The van der Waals surface area contributed by atoms with Crippen LogP contribution in [-0.2, 0) is 6.42 Å². The maximum Gasteiger partial charge on any atom is 0.282 e. The molecule has 0 fully saturated rings. The van der Waals surface area contributed by atoms with Gasteiger partial charge in [-0.3, -0.25) is 5.32 Å². The first-order valence-electron chi connectivity index (χ1n) is 5.63. The molecule has 2 unspecified atom stereocenters. The van der Waals surface area contributed by atoms with Crippen molar-refractivity contribution in [2.75, 3.05) is 6.79 Å². The van der Waals surface area contributed by atoms with Gasteiger partial charge in [-0.05, 0) is 31.0 Å². The van der Waals surface area contributed by atoms with Crippen molar-refractivity contribution in [1.29, 1.82) is 0 Å². The summed E-state index contributed by atoms with van der Waals surface area (Å²) in [5, 5.41) is 2.21. The Morgan fingerprint density at radius 2 is 1.94 bits per heavy atom. The third-order valence-corrected chi connectivity index (χ3v) is 2.64. The average molecular weight is 261 g/mol. The van der Waals surface area contributed by atoms with Gasteiger partial charge in [0.05, 0.1) is 0 Å². The lowest BCUT2D eigenvalue weighted by atomic mass is 10.1. The minimum absolute atomic E-state index is 0.185. The molecule has 0 aromatic heterocycles. The van der Waals surface area contributed by atoms with Gasteiger partial charge in [-0.2, -0.15) is 0 Å². The smallest absolute Gasteiger partial charge is 0.282 e. The van der Waals surface area contributed by atoms with Gasteiger partial charge < -0.3 is 9.47 Å². The second-order valence-corrected chi connectivity index (χ2v) is 4.20. The number of fused-ring (bicyclic) bond motifs is 1. The van der Waals surface area contributed by atoms with Crippen LogP contribution in [0, 0.1) is 0 Å². The van der Waals surface area contributed by atoms with Crippen LogP contribution in [0.1, 0.15) is 12.5 Å². The van der Waals surface area contributed by atoms with Crippen LogP contribution in [0.5, 0.6) is 11.5 Å². The molecule has 0 amide bonds. The highest BCUT2D eigenvalue weighted by atomic mass is 19.3. The predicted molar refractivity (Wildman–Crippen MR) is 59.8 cm³/mol. The Hall–Kier alpha value is -1.43. The zero-order valence-electron chi connectivity index (χ0n) is 9.83. The van der Waals surface area contributed by atoms with E-state index < -0.39 is 18.8 Å². The summed E-state index contributed by atoms with van der Waals surface area (Å²) in [5.74, 6) is 1.29. The Morgan fingerprint density at radius 3 is 2.67 bits per heavy atom. The first-order valence-corrected chi connectivity index (χ1v) is 5.63. The Morgan fingerprint density at radius 1 is 1.22 bits per heavy atom. The van der Waals surface area contributed by atoms with E-state index in [1.807, 2.05) is 0 Å². The van der Waals surface area contributed by atoms with E-state index in [2.05, 4.69) is 5.32 Å². The lowest BCUT2D eigenvalue weighted by Crippen LogP contribution is -2.39. The van der Waals surface area contributed by atoms with Gasteiger partial charge in [-0.25, -0.2) is 13.2 Å². The summed E-state index contributed by atoms with van der Waals surface area (Å²) in [7, 11) is 0. The van der Waals surface area contributed by atoms with E-state index in [0.29, 0.717) is 17.9 Å². The Bertz CT molecular complexity index is 414. The summed E-state index contributed by atoms with van der Waals surface area (Å²) in [5.41, 5.74) is 0.876. The fourth-order valence-corrected chi connectivity index (χ4v) is 1.82. The monoisotopic (exact) mass is 261 g/mol. The third-order valence-electron chi connectivity index (χ3n) is 2.64. The zero-order valence-corrected chi connectivity index (χ0v) is 9.83. The number of halogens is 3. The van der Waals surface area contributed by atoms with Crippen LogP contribution < -0.4 is 14.8 Å². The summed E-state index contributed by atoms with van der Waals surface area (Å²) in [4.78, 5) is 0. The minimum atomic E-state index is -3.01. The van der Waals surface area contributed by atoms with Crippen LogP contribution >= 0.6 is 0 Å². The Kier molecular flexibility index (Phi) is 3.96. The molecule has 0 aliphatic carbocycles. The van der Waals surface area contributed by atoms with Crippen molar-refractivity contribution in [2.24, 2.45) is 0 Å². The standard InChI is InChI=1S/C12H14F3NO2/c1-7(16-12(15)11(13)14)4-8-2-3-9-10(5-8)18-6-17-9/h2-3,5,7,11-12,16H,4,6H2,1H3. The van der Waals surface area contributed by atoms with Crippen molar-refractivity contribution in [3.63, 3.8) is 0 Å². The molecule has 2 rings (SSSR count). The topological polar surface area (TPSA) is 30.5 Å². The molecule has 0 saturated carbocycles. The Balaban J connectivity index is 1.93. The molecule has 0 saturated heterocycles. The van der Waals surface area contributed by atoms with Gasteiger partial charge in [0.25, 0.3) is 6.43 Å². The third kappa shape index (κ3) is 3.07. The number of hydrogen-bond acceptors (Lipinski definition) is 3. The molecule has 0 bridgehead atoms. The molecule has 1 N–H and O–H groups in total. The molecule has 100 valence electrons. The quantitative estimate of drug-likeness (QED) is 0.826. The second kappa shape index (κ2) is 5.48. The highest BCUT2D eigenvalue weighted by molar-refractivity contribution is 5.44. The maximum atomic E-state index is 12.8. The average Bonchev–Trinajstić information content (AvgIpc) is 2.75. The van der Waals surface area contributed by atoms with Gasteiger partial charge in [0.2, 0.25) is 13.1 Å². The molecule has 1 aliphatic rings. The first kappa shape index (κ1) is 13.0. The number of nitrogens with one attached hydrogen (secondary N) is 1. The fourth-order valence-electron chi connectivity index (χ4n) is 1.82. The van der Waals surface area contributed by atoms with E-state index in [1.165, 1.54) is 0 Å². The van der Waals surface area contributed by atoms with E-state index >= 15 is 0 Å². The molecule has 18 heavy (non-hydrogen) atoms. The van der Waals surface area contributed by atoms with Crippen LogP contribution in [0.2, 0.25) is 0 Å². The fraction of sp³-hybridized carbons (Fsp3) is 0.500. The minimum Gasteiger partial charge on any atom is -0.454 e. The van der Waals surface area contributed by atoms with Crippen molar-refractivity contribution in [3.05, 3.63) is 23.8 Å².